The number of aryl methyl sites for hydroxylation is 1. The van der Waals surface area contributed by atoms with E-state index in [0.29, 0.717) is 30.3 Å². The van der Waals surface area contributed by atoms with Gasteiger partial charge in [0.15, 0.2) is 0 Å². The number of ether oxygens (including phenoxy) is 1. The molecule has 1 amide bonds. The number of carbonyl (C=O) groups is 1. The van der Waals surface area contributed by atoms with Crippen molar-refractivity contribution in [3.05, 3.63) is 70.3 Å². The van der Waals surface area contributed by atoms with Crippen LogP contribution in [0.1, 0.15) is 66.9 Å². The molecule has 2 bridgehead atoms. The monoisotopic (exact) mass is 596 g/mol. The van der Waals surface area contributed by atoms with Crippen LogP contribution in [0.15, 0.2) is 48.6 Å². The van der Waals surface area contributed by atoms with Crippen LogP contribution in [0.5, 0.6) is 5.75 Å². The van der Waals surface area contributed by atoms with Crippen molar-refractivity contribution >= 4 is 38.8 Å². The number of aliphatic hydroxyl groups excluding tert-OH is 1. The number of aliphatic hydroxyl groups is 1. The molecule has 2 aromatic carbocycles. The van der Waals surface area contributed by atoms with Gasteiger partial charge in [0.05, 0.1) is 18.4 Å². The largest absolute Gasteiger partial charge is 0.490 e. The number of halogens is 1. The van der Waals surface area contributed by atoms with Crippen LogP contribution in [0.3, 0.4) is 0 Å². The zero-order chi connectivity index (χ0) is 28.8. The summed E-state index contributed by atoms with van der Waals surface area (Å²) in [5.74, 6) is 5.20. The smallest absolute Gasteiger partial charge is 0.262 e. The third kappa shape index (κ3) is 5.78. The van der Waals surface area contributed by atoms with Gasteiger partial charge in [-0.05, 0) is 104 Å². The Morgan fingerprint density at radius 1 is 1.24 bits per heavy atom. The van der Waals surface area contributed by atoms with Crippen LogP contribution in [0.2, 0.25) is 5.02 Å². The fourth-order valence-electron chi connectivity index (χ4n) is 7.37. The van der Waals surface area contributed by atoms with Gasteiger partial charge in [0.25, 0.3) is 5.91 Å². The molecule has 220 valence electrons. The van der Waals surface area contributed by atoms with Crippen molar-refractivity contribution in [2.45, 2.75) is 63.4 Å². The van der Waals surface area contributed by atoms with Crippen LogP contribution in [0.4, 0.5) is 5.69 Å². The highest BCUT2D eigenvalue weighted by Gasteiger charge is 2.44. The molecule has 8 heteroatoms. The van der Waals surface area contributed by atoms with Crippen LogP contribution < -0.4 is 14.4 Å². The van der Waals surface area contributed by atoms with Crippen molar-refractivity contribution in [2.75, 3.05) is 30.3 Å². The third-order valence-electron chi connectivity index (χ3n) is 9.83. The van der Waals surface area contributed by atoms with Gasteiger partial charge >= 0.3 is 0 Å². The maximum Gasteiger partial charge on any atom is 0.262 e. The summed E-state index contributed by atoms with van der Waals surface area (Å²) in [6.45, 7) is 4.12. The predicted octanol–water partition coefficient (Wildman–Crippen LogP) is 5.55. The number of anilines is 1. The minimum absolute atomic E-state index is 0.106. The van der Waals surface area contributed by atoms with E-state index in [1.54, 1.807) is 6.07 Å². The van der Waals surface area contributed by atoms with E-state index in [9.17, 15) is 14.1 Å². The Morgan fingerprint density at radius 3 is 2.88 bits per heavy atom. The highest BCUT2D eigenvalue weighted by Crippen LogP contribution is 2.46. The Labute approximate surface area is 249 Å². The lowest BCUT2D eigenvalue weighted by molar-refractivity contribution is 0.0456. The van der Waals surface area contributed by atoms with Gasteiger partial charge in [-0.25, -0.2) is 4.21 Å². The first-order valence-corrected chi connectivity index (χ1v) is 17.3. The van der Waals surface area contributed by atoms with E-state index in [1.807, 2.05) is 30.4 Å². The van der Waals surface area contributed by atoms with Gasteiger partial charge in [0, 0.05) is 44.6 Å². The Kier molecular flexibility index (Phi) is 7.90. The molecule has 2 aliphatic heterocycles. The number of hydrogen-bond donors (Lipinski definition) is 2. The molecule has 0 saturated heterocycles. The Balaban J connectivity index is 1.41. The van der Waals surface area contributed by atoms with Gasteiger partial charge in [0.1, 0.15) is 5.75 Å². The van der Waals surface area contributed by atoms with E-state index in [2.05, 4.69) is 34.5 Å². The molecule has 41 heavy (non-hydrogen) atoms. The summed E-state index contributed by atoms with van der Waals surface area (Å²) in [6, 6.07) is 11.8. The van der Waals surface area contributed by atoms with E-state index in [1.165, 1.54) is 11.1 Å². The zero-order valence-electron chi connectivity index (χ0n) is 23.8. The fraction of sp³-hybridized carbons (Fsp3) is 0.515. The minimum Gasteiger partial charge on any atom is -0.490 e. The summed E-state index contributed by atoms with van der Waals surface area (Å²) in [5.41, 5.74) is 3.69. The second-order valence-corrected chi connectivity index (χ2v) is 15.2. The van der Waals surface area contributed by atoms with Gasteiger partial charge in [-0.2, -0.15) is 0 Å². The third-order valence-corrected chi connectivity index (χ3v) is 11.6. The van der Waals surface area contributed by atoms with Crippen LogP contribution in [0.25, 0.3) is 0 Å². The number of amides is 1. The molecule has 2 aromatic rings. The number of rotatable bonds is 1. The minimum atomic E-state index is -2.84. The molecule has 0 aromatic heterocycles. The van der Waals surface area contributed by atoms with Crippen molar-refractivity contribution in [3.63, 3.8) is 0 Å². The molecule has 2 aliphatic carbocycles. The summed E-state index contributed by atoms with van der Waals surface area (Å²) in [7, 11) is -2.84. The maximum absolute atomic E-state index is 13.4. The average molecular weight is 597 g/mol. The number of benzene rings is 2. The number of fused-ring (bicyclic) bond motifs is 4. The van der Waals surface area contributed by atoms with Gasteiger partial charge in [-0.3, -0.25) is 9.52 Å². The first-order chi connectivity index (χ1) is 19.7. The van der Waals surface area contributed by atoms with E-state index >= 15 is 0 Å². The first-order valence-electron chi connectivity index (χ1n) is 15.0. The molecule has 0 radical (unpaired) electrons. The molecule has 6 rings (SSSR count). The summed E-state index contributed by atoms with van der Waals surface area (Å²) >= 11 is 6.39. The quantitative estimate of drug-likeness (QED) is 0.333. The molecule has 1 spiro atoms. The highest BCUT2D eigenvalue weighted by molar-refractivity contribution is 7.99. The second-order valence-electron chi connectivity index (χ2n) is 12.6. The summed E-state index contributed by atoms with van der Waals surface area (Å²) in [6.07, 6.45) is 10.1. The summed E-state index contributed by atoms with van der Waals surface area (Å²) in [4.78, 5) is 15.8. The molecular weight excluding hydrogens is 556 g/mol. The summed E-state index contributed by atoms with van der Waals surface area (Å²) in [5, 5.41) is 11.9. The van der Waals surface area contributed by atoms with Crippen LogP contribution in [-0.4, -0.2) is 52.6 Å². The van der Waals surface area contributed by atoms with Crippen molar-refractivity contribution < 1.29 is 18.8 Å². The Morgan fingerprint density at radius 2 is 2.10 bits per heavy atom. The van der Waals surface area contributed by atoms with Crippen molar-refractivity contribution in [1.29, 1.82) is 0 Å². The van der Waals surface area contributed by atoms with Crippen LogP contribution in [0, 0.1) is 17.8 Å². The highest BCUT2D eigenvalue weighted by atomic mass is 35.5. The molecule has 1 unspecified atom stereocenters. The summed E-state index contributed by atoms with van der Waals surface area (Å²) < 4.78 is 22.7. The van der Waals surface area contributed by atoms with E-state index in [4.69, 9.17) is 16.3 Å². The van der Waals surface area contributed by atoms with Crippen LogP contribution in [-0.2, 0) is 21.5 Å². The Hall–Kier alpha value is -2.48. The predicted molar refractivity (Wildman–Crippen MR) is 168 cm³/mol. The maximum atomic E-state index is 13.4. The van der Waals surface area contributed by atoms with E-state index < -0.39 is 15.8 Å². The molecule has 6 atom stereocenters. The lowest BCUT2D eigenvalue weighted by Crippen LogP contribution is -2.49. The molecular formula is C33H41ClN2O4S. The second kappa shape index (κ2) is 11.3. The number of nitrogens with zero attached hydrogens (tertiary/aromatic N) is 1. The fourth-order valence-corrected chi connectivity index (χ4v) is 9.23. The molecule has 2 N–H and O–H groups in total. The lowest BCUT2D eigenvalue weighted by Gasteiger charge is -2.45. The topological polar surface area (TPSA) is 78.9 Å². The zero-order valence-corrected chi connectivity index (χ0v) is 25.4. The van der Waals surface area contributed by atoms with E-state index in [0.717, 1.165) is 68.1 Å². The Bertz CT molecular complexity index is 1460. The van der Waals surface area contributed by atoms with Crippen molar-refractivity contribution in [2.24, 2.45) is 17.8 Å². The normalized spacial score (nSPS) is 34.3. The number of hydrogen-bond acceptors (Lipinski definition) is 5. The molecule has 1 saturated carbocycles. The van der Waals surface area contributed by atoms with Gasteiger partial charge in [-0.1, -0.05) is 43.2 Å². The molecule has 1 fully saturated rings. The van der Waals surface area contributed by atoms with Crippen LogP contribution >= 0.6 is 11.6 Å². The van der Waals surface area contributed by atoms with Gasteiger partial charge in [0.2, 0.25) is 0 Å². The van der Waals surface area contributed by atoms with Gasteiger partial charge < -0.3 is 14.7 Å². The molecule has 4 aliphatic rings. The van der Waals surface area contributed by atoms with E-state index in [-0.39, 0.29) is 23.2 Å². The number of nitrogens with one attached hydrogen (secondary N) is 1. The first kappa shape index (κ1) is 28.6. The van der Waals surface area contributed by atoms with Crippen molar-refractivity contribution in [1.82, 2.24) is 4.72 Å². The molecule has 6 nitrogen and oxygen atoms in total. The van der Waals surface area contributed by atoms with Gasteiger partial charge in [-0.15, -0.1) is 0 Å². The number of carbonyl (C=O) groups excluding carboxylic acids is 1. The molecule has 2 heterocycles. The number of allylic oxidation sites excluding steroid dienone is 1. The standard InChI is InChI=1S/C33H41ClN2O4S/c1-3-22-6-4-8-30(37)27-12-9-25(27)18-36-20-33(15-5-7-23-16-26(34)11-13-28(23)33)21-40-31-14-10-24(17-29(31)36)32(38)35-41(2,39)19-22/h4,8,10-11,13-14,16-17,22,25,27,30,37H,2-3,5-7,9,12,15,18-21H2,1H3,(H,35,38,39)/b8-4+/t22-,25+,27-,30+,33+,41?/m1/s1. The van der Waals surface area contributed by atoms with Crippen molar-refractivity contribution in [3.8, 4) is 5.75 Å². The average Bonchev–Trinajstić information content (AvgIpc) is 3.06. The SMILES string of the molecule is C=S1(=O)C[C@H](CC)C/C=C/[C@H](O)[C@@H]2CC[C@H]2CN2C[C@@]3(CCCc4cc(Cl)ccc43)COc3ccc(cc32)C(=O)N1. The lowest BCUT2D eigenvalue weighted by atomic mass is 9.68.